The number of hydrogen-bond donors (Lipinski definition) is 0. The normalized spacial score (nSPS) is 23.5. The van der Waals surface area contributed by atoms with E-state index in [9.17, 15) is 4.79 Å². The number of hydrogen-bond acceptors (Lipinski definition) is 3. The van der Waals surface area contributed by atoms with Crippen molar-refractivity contribution < 1.29 is 9.53 Å². The third-order valence-electron chi connectivity index (χ3n) is 3.88. The molecule has 19 heavy (non-hydrogen) atoms. The van der Waals surface area contributed by atoms with Gasteiger partial charge in [-0.25, -0.2) is 0 Å². The zero-order valence-corrected chi connectivity index (χ0v) is 11.8. The Morgan fingerprint density at radius 2 is 2.00 bits per heavy atom. The van der Waals surface area contributed by atoms with Crippen LogP contribution in [0.5, 0.6) is 0 Å². The molecule has 1 aliphatic rings. The first-order valence-electron chi connectivity index (χ1n) is 7.22. The van der Waals surface area contributed by atoms with Crippen molar-refractivity contribution in [3.8, 4) is 0 Å². The summed E-state index contributed by atoms with van der Waals surface area (Å²) in [4.78, 5) is 14.4. The van der Waals surface area contributed by atoms with Crippen LogP contribution in [0.4, 0.5) is 0 Å². The minimum atomic E-state index is -0.0647. The molecule has 0 spiro atoms. The van der Waals surface area contributed by atoms with E-state index in [-0.39, 0.29) is 12.0 Å². The standard InChI is InChI=1S/C16H23NO2/c1-3-14-10-11-15(16(18)19-4-2)17(14)12-13-8-6-5-7-9-13/h5-9,14-15H,3-4,10-12H2,1-2H3/t14-,15-/m0/s1. The van der Waals surface area contributed by atoms with E-state index in [1.54, 1.807) is 0 Å². The van der Waals surface area contributed by atoms with E-state index in [4.69, 9.17) is 4.74 Å². The summed E-state index contributed by atoms with van der Waals surface area (Å²) in [5, 5.41) is 0. The third-order valence-corrected chi connectivity index (χ3v) is 3.88. The molecule has 0 aliphatic carbocycles. The molecular weight excluding hydrogens is 238 g/mol. The summed E-state index contributed by atoms with van der Waals surface area (Å²) in [7, 11) is 0. The Morgan fingerprint density at radius 1 is 1.26 bits per heavy atom. The second-order valence-electron chi connectivity index (χ2n) is 5.07. The number of carbonyl (C=O) groups is 1. The first kappa shape index (κ1) is 14.1. The lowest BCUT2D eigenvalue weighted by molar-refractivity contribution is -0.149. The molecule has 104 valence electrons. The Kier molecular flexibility index (Phi) is 4.97. The second-order valence-corrected chi connectivity index (χ2v) is 5.07. The fourth-order valence-electron chi connectivity index (χ4n) is 2.90. The van der Waals surface area contributed by atoms with Crippen LogP contribution >= 0.6 is 0 Å². The maximum absolute atomic E-state index is 12.0. The number of ether oxygens (including phenoxy) is 1. The molecule has 0 radical (unpaired) electrons. The van der Waals surface area contributed by atoms with Gasteiger partial charge in [0.15, 0.2) is 0 Å². The highest BCUT2D eigenvalue weighted by molar-refractivity contribution is 5.76. The van der Waals surface area contributed by atoms with E-state index in [2.05, 4.69) is 24.0 Å². The van der Waals surface area contributed by atoms with E-state index < -0.39 is 0 Å². The van der Waals surface area contributed by atoms with Crippen molar-refractivity contribution in [2.24, 2.45) is 0 Å². The molecule has 1 saturated heterocycles. The summed E-state index contributed by atoms with van der Waals surface area (Å²) in [6.45, 7) is 5.36. The minimum Gasteiger partial charge on any atom is -0.465 e. The molecule has 2 atom stereocenters. The Morgan fingerprint density at radius 3 is 2.63 bits per heavy atom. The molecule has 0 saturated carbocycles. The summed E-state index contributed by atoms with van der Waals surface area (Å²) < 4.78 is 5.21. The number of nitrogens with zero attached hydrogens (tertiary/aromatic N) is 1. The Labute approximate surface area is 115 Å². The van der Waals surface area contributed by atoms with Gasteiger partial charge < -0.3 is 4.74 Å². The Balaban J connectivity index is 2.09. The van der Waals surface area contributed by atoms with Gasteiger partial charge in [-0.15, -0.1) is 0 Å². The third kappa shape index (κ3) is 3.35. The lowest BCUT2D eigenvalue weighted by Crippen LogP contribution is -2.40. The van der Waals surface area contributed by atoms with Gasteiger partial charge in [-0.3, -0.25) is 9.69 Å². The minimum absolute atomic E-state index is 0.0608. The lowest BCUT2D eigenvalue weighted by Gasteiger charge is -2.28. The summed E-state index contributed by atoms with van der Waals surface area (Å²) in [6.07, 6.45) is 3.10. The maximum Gasteiger partial charge on any atom is 0.323 e. The van der Waals surface area contributed by atoms with Gasteiger partial charge in [0.05, 0.1) is 6.61 Å². The van der Waals surface area contributed by atoms with Crippen LogP contribution in [0.3, 0.4) is 0 Å². The highest BCUT2D eigenvalue weighted by atomic mass is 16.5. The summed E-state index contributed by atoms with van der Waals surface area (Å²) in [5.41, 5.74) is 1.26. The molecule has 0 unspecified atom stereocenters. The zero-order valence-electron chi connectivity index (χ0n) is 11.8. The fraction of sp³-hybridized carbons (Fsp3) is 0.562. The SMILES string of the molecule is CCOC(=O)[C@@H]1CC[C@H](CC)N1Cc1ccccc1. The van der Waals surface area contributed by atoms with Gasteiger partial charge >= 0.3 is 5.97 Å². The highest BCUT2D eigenvalue weighted by Gasteiger charge is 2.37. The Hall–Kier alpha value is -1.35. The molecule has 0 bridgehead atoms. The van der Waals surface area contributed by atoms with Crippen LogP contribution in [-0.4, -0.2) is 29.6 Å². The maximum atomic E-state index is 12.0. The molecule has 1 heterocycles. The quantitative estimate of drug-likeness (QED) is 0.763. The monoisotopic (exact) mass is 261 g/mol. The van der Waals surface area contributed by atoms with Crippen molar-refractivity contribution in [3.63, 3.8) is 0 Å². The van der Waals surface area contributed by atoms with Crippen molar-refractivity contribution in [2.75, 3.05) is 6.61 Å². The van der Waals surface area contributed by atoms with E-state index in [0.717, 1.165) is 25.8 Å². The Bertz CT molecular complexity index is 404. The molecule has 0 aromatic heterocycles. The van der Waals surface area contributed by atoms with Crippen molar-refractivity contribution >= 4 is 5.97 Å². The van der Waals surface area contributed by atoms with Crippen molar-refractivity contribution in [1.82, 2.24) is 4.90 Å². The van der Waals surface area contributed by atoms with E-state index >= 15 is 0 Å². The van der Waals surface area contributed by atoms with Gasteiger partial charge in [-0.2, -0.15) is 0 Å². The van der Waals surface area contributed by atoms with Gasteiger partial charge in [0.25, 0.3) is 0 Å². The number of benzene rings is 1. The first-order chi connectivity index (χ1) is 9.26. The lowest BCUT2D eigenvalue weighted by atomic mass is 10.1. The van der Waals surface area contributed by atoms with Crippen LogP contribution in [-0.2, 0) is 16.1 Å². The molecular formula is C16H23NO2. The molecule has 0 amide bonds. The smallest absolute Gasteiger partial charge is 0.323 e. The van der Waals surface area contributed by atoms with E-state index in [1.165, 1.54) is 5.56 Å². The molecule has 3 nitrogen and oxygen atoms in total. The predicted molar refractivity (Wildman–Crippen MR) is 75.7 cm³/mol. The van der Waals surface area contributed by atoms with Crippen LogP contribution in [0.15, 0.2) is 30.3 Å². The van der Waals surface area contributed by atoms with Gasteiger partial charge in [-0.05, 0) is 31.7 Å². The summed E-state index contributed by atoms with van der Waals surface area (Å²) >= 11 is 0. The number of esters is 1. The molecule has 1 aromatic rings. The topological polar surface area (TPSA) is 29.5 Å². The van der Waals surface area contributed by atoms with E-state index in [0.29, 0.717) is 12.6 Å². The van der Waals surface area contributed by atoms with Crippen molar-refractivity contribution in [1.29, 1.82) is 0 Å². The number of rotatable bonds is 5. The van der Waals surface area contributed by atoms with Gasteiger partial charge in [-0.1, -0.05) is 37.3 Å². The van der Waals surface area contributed by atoms with Gasteiger partial charge in [0.2, 0.25) is 0 Å². The molecule has 1 aromatic carbocycles. The molecule has 1 fully saturated rings. The van der Waals surface area contributed by atoms with Crippen molar-refractivity contribution in [2.45, 2.75) is 51.7 Å². The average Bonchev–Trinajstić information content (AvgIpc) is 2.83. The molecule has 0 N–H and O–H groups in total. The van der Waals surface area contributed by atoms with Crippen LogP contribution < -0.4 is 0 Å². The molecule has 1 aliphatic heterocycles. The number of likely N-dealkylation sites (tertiary alicyclic amines) is 1. The molecule has 2 rings (SSSR count). The largest absolute Gasteiger partial charge is 0.465 e. The van der Waals surface area contributed by atoms with Crippen LogP contribution in [0.1, 0.15) is 38.7 Å². The molecule has 3 heteroatoms. The van der Waals surface area contributed by atoms with Crippen LogP contribution in [0.25, 0.3) is 0 Å². The number of carbonyl (C=O) groups excluding carboxylic acids is 1. The zero-order chi connectivity index (χ0) is 13.7. The van der Waals surface area contributed by atoms with E-state index in [1.807, 2.05) is 25.1 Å². The van der Waals surface area contributed by atoms with Gasteiger partial charge in [0.1, 0.15) is 6.04 Å². The second kappa shape index (κ2) is 6.71. The van der Waals surface area contributed by atoms with Gasteiger partial charge in [0, 0.05) is 12.6 Å². The van der Waals surface area contributed by atoms with Crippen LogP contribution in [0.2, 0.25) is 0 Å². The highest BCUT2D eigenvalue weighted by Crippen LogP contribution is 2.28. The first-order valence-corrected chi connectivity index (χ1v) is 7.22. The predicted octanol–water partition coefficient (Wildman–Crippen LogP) is 2.99. The fourth-order valence-corrected chi connectivity index (χ4v) is 2.90. The average molecular weight is 261 g/mol. The van der Waals surface area contributed by atoms with Crippen molar-refractivity contribution in [3.05, 3.63) is 35.9 Å². The summed E-state index contributed by atoms with van der Waals surface area (Å²) in [5.74, 6) is -0.0608. The van der Waals surface area contributed by atoms with Crippen LogP contribution in [0, 0.1) is 0 Å². The summed E-state index contributed by atoms with van der Waals surface area (Å²) in [6, 6.07) is 10.8.